The van der Waals surface area contributed by atoms with Gasteiger partial charge in [-0.15, -0.1) is 0 Å². The van der Waals surface area contributed by atoms with Crippen LogP contribution in [-0.4, -0.2) is 11.7 Å². The van der Waals surface area contributed by atoms with E-state index in [0.29, 0.717) is 13.2 Å². The molecule has 1 atom stereocenters. The lowest BCUT2D eigenvalue weighted by molar-refractivity contribution is 0.306. The molecule has 0 amide bonds. The molecule has 0 saturated carbocycles. The van der Waals surface area contributed by atoms with Crippen molar-refractivity contribution in [2.24, 2.45) is 5.73 Å². The van der Waals surface area contributed by atoms with Crippen molar-refractivity contribution >= 4 is 5.69 Å². The van der Waals surface area contributed by atoms with Gasteiger partial charge >= 0.3 is 0 Å². The fraction of sp³-hybridized carbons (Fsp3) is 0.182. The van der Waals surface area contributed by atoms with Crippen molar-refractivity contribution in [3.05, 3.63) is 89.5 Å². The third-order valence-corrected chi connectivity index (χ3v) is 4.83. The molecule has 3 aromatic carbocycles. The number of hydrogen-bond donors (Lipinski definition) is 2. The normalized spacial score (nSPS) is 15.7. The molecule has 0 aliphatic carbocycles. The molecule has 26 heavy (non-hydrogen) atoms. The Morgan fingerprint density at radius 1 is 1.00 bits per heavy atom. The van der Waals surface area contributed by atoms with Gasteiger partial charge in [-0.25, -0.2) is 0 Å². The molecule has 1 aliphatic heterocycles. The lowest BCUT2D eigenvalue weighted by atomic mass is 10.0. The number of nitrogens with two attached hydrogens (primary N) is 1. The molecule has 0 radical (unpaired) electrons. The van der Waals surface area contributed by atoms with Crippen molar-refractivity contribution in [2.45, 2.75) is 19.2 Å². The number of fused-ring (bicyclic) bond motifs is 1. The van der Waals surface area contributed by atoms with Gasteiger partial charge in [0.2, 0.25) is 0 Å². The second-order valence-corrected chi connectivity index (χ2v) is 6.53. The van der Waals surface area contributed by atoms with E-state index >= 15 is 0 Å². The van der Waals surface area contributed by atoms with E-state index in [2.05, 4.69) is 29.2 Å². The molecule has 0 fully saturated rings. The Hall–Kier alpha value is -2.98. The van der Waals surface area contributed by atoms with Gasteiger partial charge in [-0.3, -0.25) is 0 Å². The average Bonchev–Trinajstić information content (AvgIpc) is 3.05. The molecule has 4 heteroatoms. The Morgan fingerprint density at radius 3 is 2.62 bits per heavy atom. The summed E-state index contributed by atoms with van der Waals surface area (Å²) in [5, 5.41) is 9.79. The van der Waals surface area contributed by atoms with E-state index in [0.717, 1.165) is 23.5 Å². The highest BCUT2D eigenvalue weighted by Crippen LogP contribution is 2.39. The van der Waals surface area contributed by atoms with E-state index in [1.165, 1.54) is 11.1 Å². The van der Waals surface area contributed by atoms with Gasteiger partial charge in [-0.1, -0.05) is 42.5 Å². The zero-order valence-corrected chi connectivity index (χ0v) is 14.5. The smallest absolute Gasteiger partial charge is 0.120 e. The van der Waals surface area contributed by atoms with Crippen molar-refractivity contribution < 1.29 is 9.84 Å². The number of anilines is 1. The van der Waals surface area contributed by atoms with Crippen molar-refractivity contribution in [3.8, 4) is 11.5 Å². The van der Waals surface area contributed by atoms with Crippen LogP contribution in [0.5, 0.6) is 11.5 Å². The first kappa shape index (κ1) is 16.5. The van der Waals surface area contributed by atoms with E-state index in [1.54, 1.807) is 12.1 Å². The number of phenols is 1. The molecule has 132 valence electrons. The summed E-state index contributed by atoms with van der Waals surface area (Å²) in [4.78, 5) is 2.23. The van der Waals surface area contributed by atoms with Crippen LogP contribution in [0.25, 0.3) is 0 Å². The average molecular weight is 346 g/mol. The van der Waals surface area contributed by atoms with Gasteiger partial charge in [0.15, 0.2) is 0 Å². The van der Waals surface area contributed by atoms with E-state index in [9.17, 15) is 5.11 Å². The van der Waals surface area contributed by atoms with Crippen LogP contribution in [0.15, 0.2) is 72.8 Å². The fourth-order valence-corrected chi connectivity index (χ4v) is 3.52. The summed E-state index contributed by atoms with van der Waals surface area (Å²) in [6.45, 7) is 1.83. The predicted molar refractivity (Wildman–Crippen MR) is 103 cm³/mol. The van der Waals surface area contributed by atoms with Gasteiger partial charge < -0.3 is 20.5 Å². The first-order valence-electron chi connectivity index (χ1n) is 8.80. The summed E-state index contributed by atoms with van der Waals surface area (Å²) in [5.41, 5.74) is 10.6. The molecular weight excluding hydrogens is 324 g/mol. The number of hydrogen-bond acceptors (Lipinski definition) is 4. The minimum atomic E-state index is 0.0760. The summed E-state index contributed by atoms with van der Waals surface area (Å²) in [5.74, 6) is 1.12. The molecule has 4 nitrogen and oxygen atoms in total. The Labute approximate surface area is 153 Å². The first-order chi connectivity index (χ1) is 12.7. The molecule has 4 rings (SSSR count). The number of rotatable bonds is 5. The lowest BCUT2D eigenvalue weighted by Gasteiger charge is -2.26. The largest absolute Gasteiger partial charge is 0.508 e. The van der Waals surface area contributed by atoms with Gasteiger partial charge in [0.25, 0.3) is 0 Å². The Kier molecular flexibility index (Phi) is 4.50. The van der Waals surface area contributed by atoms with Crippen LogP contribution < -0.4 is 15.4 Å². The second kappa shape index (κ2) is 7.10. The van der Waals surface area contributed by atoms with Crippen molar-refractivity contribution in [1.29, 1.82) is 0 Å². The van der Waals surface area contributed by atoms with Crippen molar-refractivity contribution in [1.82, 2.24) is 0 Å². The van der Waals surface area contributed by atoms with Crippen LogP contribution in [0.2, 0.25) is 0 Å². The van der Waals surface area contributed by atoms with Crippen LogP contribution in [0.3, 0.4) is 0 Å². The van der Waals surface area contributed by atoms with Gasteiger partial charge in [0.1, 0.15) is 18.1 Å². The number of phenolic OH excluding ortho intramolecular Hbond substituents is 1. The molecule has 0 spiro atoms. The monoisotopic (exact) mass is 346 g/mol. The predicted octanol–water partition coefficient (Wildman–Crippen LogP) is 3.99. The number of ether oxygens (including phenoxy) is 1. The highest BCUT2D eigenvalue weighted by Gasteiger charge is 2.29. The summed E-state index contributed by atoms with van der Waals surface area (Å²) in [6.07, 6.45) is 0. The Bertz CT molecular complexity index is 896. The van der Waals surface area contributed by atoms with Crippen molar-refractivity contribution in [2.75, 3.05) is 11.4 Å². The summed E-state index contributed by atoms with van der Waals surface area (Å²) in [6, 6.07) is 23.8. The Morgan fingerprint density at radius 2 is 1.85 bits per heavy atom. The van der Waals surface area contributed by atoms with Gasteiger partial charge in [0, 0.05) is 24.8 Å². The van der Waals surface area contributed by atoms with Gasteiger partial charge in [-0.2, -0.15) is 0 Å². The third kappa shape index (κ3) is 3.24. The molecule has 0 saturated heterocycles. The fourth-order valence-electron chi connectivity index (χ4n) is 3.52. The second-order valence-electron chi connectivity index (χ2n) is 6.53. The minimum absolute atomic E-state index is 0.0760. The molecule has 1 unspecified atom stereocenters. The van der Waals surface area contributed by atoms with Crippen LogP contribution in [0, 0.1) is 0 Å². The summed E-state index contributed by atoms with van der Waals surface area (Å²) >= 11 is 0. The number of aromatic hydroxyl groups is 1. The molecule has 3 aromatic rings. The van der Waals surface area contributed by atoms with Crippen molar-refractivity contribution in [3.63, 3.8) is 0 Å². The zero-order chi connectivity index (χ0) is 17.9. The maximum absolute atomic E-state index is 9.79. The topological polar surface area (TPSA) is 58.7 Å². The first-order valence-corrected chi connectivity index (χ1v) is 8.80. The Balaban J connectivity index is 1.56. The van der Waals surface area contributed by atoms with E-state index < -0.39 is 0 Å². The maximum atomic E-state index is 9.79. The third-order valence-electron chi connectivity index (χ3n) is 4.83. The van der Waals surface area contributed by atoms with E-state index in [-0.39, 0.29) is 11.8 Å². The van der Waals surface area contributed by atoms with Crippen LogP contribution in [-0.2, 0) is 13.2 Å². The maximum Gasteiger partial charge on any atom is 0.120 e. The molecular formula is C22H22N2O2. The summed E-state index contributed by atoms with van der Waals surface area (Å²) < 4.78 is 5.97. The van der Waals surface area contributed by atoms with Crippen LogP contribution in [0.4, 0.5) is 5.69 Å². The molecule has 0 aromatic heterocycles. The molecule has 1 aliphatic rings. The molecule has 3 N–H and O–H groups in total. The molecule has 0 bridgehead atoms. The van der Waals surface area contributed by atoms with Crippen LogP contribution in [0.1, 0.15) is 22.7 Å². The SMILES string of the molecule is NCC1c2cc(OCc3ccccc3)ccc2CN1c1cccc(O)c1. The lowest BCUT2D eigenvalue weighted by Crippen LogP contribution is -2.27. The number of benzene rings is 3. The van der Waals surface area contributed by atoms with E-state index in [4.69, 9.17) is 10.5 Å². The van der Waals surface area contributed by atoms with E-state index in [1.807, 2.05) is 36.4 Å². The number of nitrogens with zero attached hydrogens (tertiary/aromatic N) is 1. The standard InChI is InChI=1S/C22H22N2O2/c23-13-22-21-12-20(26-15-16-5-2-1-3-6-16)10-9-17(21)14-24(22)18-7-4-8-19(25)11-18/h1-12,22,25H,13-15,23H2. The zero-order valence-electron chi connectivity index (χ0n) is 14.5. The minimum Gasteiger partial charge on any atom is -0.508 e. The highest BCUT2D eigenvalue weighted by molar-refractivity contribution is 5.58. The van der Waals surface area contributed by atoms with Gasteiger partial charge in [-0.05, 0) is 41.0 Å². The van der Waals surface area contributed by atoms with Crippen LogP contribution >= 0.6 is 0 Å². The van der Waals surface area contributed by atoms with Gasteiger partial charge in [0.05, 0.1) is 6.04 Å². The quantitative estimate of drug-likeness (QED) is 0.733. The highest BCUT2D eigenvalue weighted by atomic mass is 16.5. The molecule has 1 heterocycles. The summed E-state index contributed by atoms with van der Waals surface area (Å²) in [7, 11) is 0.